The van der Waals surface area contributed by atoms with Gasteiger partial charge >= 0.3 is 0 Å². The number of hydrogen-bond donors (Lipinski definition) is 1. The maximum Gasteiger partial charge on any atom is 0.242 e. The smallest absolute Gasteiger partial charge is 0.242 e. The van der Waals surface area contributed by atoms with Gasteiger partial charge in [0.15, 0.2) is 0 Å². The van der Waals surface area contributed by atoms with Crippen LogP contribution in [0.3, 0.4) is 0 Å². The quantitative estimate of drug-likeness (QED) is 0.748. The summed E-state index contributed by atoms with van der Waals surface area (Å²) in [7, 11) is 0. The zero-order valence-corrected chi connectivity index (χ0v) is 7.67. The van der Waals surface area contributed by atoms with E-state index in [4.69, 9.17) is 17.3 Å². The zero-order valence-electron chi connectivity index (χ0n) is 6.91. The lowest BCUT2D eigenvalue weighted by molar-refractivity contribution is -0.121. The van der Waals surface area contributed by atoms with Crippen LogP contribution in [0.25, 0.3) is 0 Å². The summed E-state index contributed by atoms with van der Waals surface area (Å²) in [6, 6.07) is -0.447. The van der Waals surface area contributed by atoms with E-state index in [9.17, 15) is 4.79 Å². The van der Waals surface area contributed by atoms with E-state index >= 15 is 0 Å². The molecule has 0 saturated carbocycles. The molecule has 12 heavy (non-hydrogen) atoms. The second-order valence-corrected chi connectivity index (χ2v) is 3.01. The molecule has 1 atom stereocenters. The van der Waals surface area contributed by atoms with Crippen LogP contribution >= 0.6 is 11.6 Å². The maximum atomic E-state index is 10.8. The van der Waals surface area contributed by atoms with Crippen molar-refractivity contribution in [2.24, 2.45) is 5.73 Å². The molecule has 1 aromatic heterocycles. The predicted octanol–water partition coefficient (Wildman–Crippen LogP) is 0.891. The Kier molecular flexibility index (Phi) is 2.38. The molecule has 1 amide bonds. The van der Waals surface area contributed by atoms with E-state index in [1.807, 2.05) is 0 Å². The first kappa shape index (κ1) is 9.06. The molecular weight excluding hydrogens is 178 g/mol. The molecule has 0 aromatic carbocycles. The van der Waals surface area contributed by atoms with Crippen LogP contribution in [0.2, 0.25) is 5.02 Å². The molecule has 0 radical (unpaired) electrons. The molecule has 1 aromatic rings. The van der Waals surface area contributed by atoms with E-state index in [0.717, 1.165) is 5.69 Å². The van der Waals surface area contributed by atoms with Gasteiger partial charge < -0.3 is 5.73 Å². The molecule has 5 heteroatoms. The fourth-order valence-electron chi connectivity index (χ4n) is 0.913. The van der Waals surface area contributed by atoms with Crippen molar-refractivity contribution in [3.63, 3.8) is 0 Å². The molecule has 0 spiro atoms. The van der Waals surface area contributed by atoms with Crippen molar-refractivity contribution in [1.29, 1.82) is 0 Å². The lowest BCUT2D eigenvalue weighted by Gasteiger charge is -2.09. The number of nitrogens with zero attached hydrogens (tertiary/aromatic N) is 2. The van der Waals surface area contributed by atoms with Crippen LogP contribution in [-0.2, 0) is 4.79 Å². The number of carbonyl (C=O) groups excluding carboxylic acids is 1. The van der Waals surface area contributed by atoms with Crippen molar-refractivity contribution in [2.75, 3.05) is 0 Å². The number of carbonyl (C=O) groups is 1. The van der Waals surface area contributed by atoms with Crippen molar-refractivity contribution in [3.8, 4) is 0 Å². The summed E-state index contributed by atoms with van der Waals surface area (Å²) >= 11 is 5.74. The summed E-state index contributed by atoms with van der Waals surface area (Å²) in [6.07, 6.45) is 1.50. The highest BCUT2D eigenvalue weighted by atomic mass is 35.5. The molecular formula is C7H10ClN3O. The van der Waals surface area contributed by atoms with Crippen molar-refractivity contribution in [3.05, 3.63) is 16.9 Å². The Morgan fingerprint density at radius 2 is 2.42 bits per heavy atom. The molecule has 0 saturated heterocycles. The van der Waals surface area contributed by atoms with Gasteiger partial charge in [0.05, 0.1) is 16.9 Å². The standard InChI is InChI=1S/C7H10ClN3O/c1-4-6(8)3-10-11(4)5(2)7(9)12/h3,5H,1-2H3,(H2,9,12). The van der Waals surface area contributed by atoms with Crippen LogP contribution in [0.15, 0.2) is 6.20 Å². The number of amides is 1. The SMILES string of the molecule is Cc1c(Cl)cnn1C(C)C(N)=O. The number of hydrogen-bond acceptors (Lipinski definition) is 2. The van der Waals surface area contributed by atoms with E-state index in [1.54, 1.807) is 13.8 Å². The fraction of sp³-hybridized carbons (Fsp3) is 0.429. The molecule has 0 bridgehead atoms. The summed E-state index contributed by atoms with van der Waals surface area (Å²) in [4.78, 5) is 10.8. The third-order valence-electron chi connectivity index (χ3n) is 1.76. The fourth-order valence-corrected chi connectivity index (χ4v) is 1.04. The Morgan fingerprint density at radius 1 is 1.83 bits per heavy atom. The normalized spacial score (nSPS) is 12.9. The molecule has 0 fully saturated rings. The van der Waals surface area contributed by atoms with E-state index < -0.39 is 11.9 Å². The Labute approximate surface area is 75.3 Å². The van der Waals surface area contributed by atoms with Gasteiger partial charge in [0.2, 0.25) is 5.91 Å². The van der Waals surface area contributed by atoms with Gasteiger partial charge in [-0.15, -0.1) is 0 Å². The number of halogens is 1. The van der Waals surface area contributed by atoms with Gasteiger partial charge in [0.25, 0.3) is 0 Å². The summed E-state index contributed by atoms with van der Waals surface area (Å²) in [5.41, 5.74) is 5.86. The minimum absolute atomic E-state index is 0.419. The molecule has 4 nitrogen and oxygen atoms in total. The average Bonchev–Trinajstić information content (AvgIpc) is 2.32. The van der Waals surface area contributed by atoms with Crippen LogP contribution in [-0.4, -0.2) is 15.7 Å². The first-order chi connectivity index (χ1) is 5.54. The number of nitrogens with two attached hydrogens (primary N) is 1. The van der Waals surface area contributed by atoms with Gasteiger partial charge in [0, 0.05) is 0 Å². The topological polar surface area (TPSA) is 60.9 Å². The first-order valence-corrected chi connectivity index (χ1v) is 3.90. The molecule has 0 aliphatic rings. The molecule has 66 valence electrons. The monoisotopic (exact) mass is 187 g/mol. The molecule has 0 aliphatic heterocycles. The van der Waals surface area contributed by atoms with E-state index in [-0.39, 0.29) is 0 Å². The van der Waals surface area contributed by atoms with Crippen LogP contribution in [0.5, 0.6) is 0 Å². The van der Waals surface area contributed by atoms with E-state index in [0.29, 0.717) is 5.02 Å². The largest absolute Gasteiger partial charge is 0.368 e. The third kappa shape index (κ3) is 1.43. The van der Waals surface area contributed by atoms with Crippen molar-refractivity contribution < 1.29 is 4.79 Å². The van der Waals surface area contributed by atoms with Crippen molar-refractivity contribution in [1.82, 2.24) is 9.78 Å². The summed E-state index contributed by atoms with van der Waals surface area (Å²) in [5, 5.41) is 4.46. The minimum Gasteiger partial charge on any atom is -0.368 e. The molecule has 1 heterocycles. The Hall–Kier alpha value is -1.03. The molecule has 2 N–H and O–H groups in total. The van der Waals surface area contributed by atoms with Gasteiger partial charge in [-0.25, -0.2) is 0 Å². The second-order valence-electron chi connectivity index (χ2n) is 2.60. The van der Waals surface area contributed by atoms with Crippen molar-refractivity contribution in [2.45, 2.75) is 19.9 Å². The second kappa shape index (κ2) is 3.15. The van der Waals surface area contributed by atoms with Gasteiger partial charge in [-0.1, -0.05) is 11.6 Å². The third-order valence-corrected chi connectivity index (χ3v) is 2.13. The van der Waals surface area contributed by atoms with Gasteiger partial charge in [0.1, 0.15) is 6.04 Å². The minimum atomic E-state index is -0.447. The summed E-state index contributed by atoms with van der Waals surface area (Å²) in [5.74, 6) is -0.419. The highest BCUT2D eigenvalue weighted by molar-refractivity contribution is 6.31. The van der Waals surface area contributed by atoms with Gasteiger partial charge in [-0.3, -0.25) is 9.48 Å². The van der Waals surface area contributed by atoms with E-state index in [2.05, 4.69) is 5.10 Å². The number of aromatic nitrogens is 2. The van der Waals surface area contributed by atoms with Crippen LogP contribution in [0.4, 0.5) is 0 Å². The van der Waals surface area contributed by atoms with Crippen LogP contribution < -0.4 is 5.73 Å². The van der Waals surface area contributed by atoms with Crippen molar-refractivity contribution >= 4 is 17.5 Å². The Morgan fingerprint density at radius 3 is 2.75 bits per heavy atom. The van der Waals surface area contributed by atoms with Crippen LogP contribution in [0.1, 0.15) is 18.7 Å². The number of rotatable bonds is 2. The molecule has 1 unspecified atom stereocenters. The van der Waals surface area contributed by atoms with Gasteiger partial charge in [-0.05, 0) is 13.8 Å². The van der Waals surface area contributed by atoms with Gasteiger partial charge in [-0.2, -0.15) is 5.10 Å². The lowest BCUT2D eigenvalue weighted by atomic mass is 10.3. The lowest BCUT2D eigenvalue weighted by Crippen LogP contribution is -2.25. The van der Waals surface area contributed by atoms with E-state index in [1.165, 1.54) is 10.9 Å². The first-order valence-electron chi connectivity index (χ1n) is 3.53. The Bertz CT molecular complexity index is 308. The van der Waals surface area contributed by atoms with Crippen LogP contribution in [0, 0.1) is 6.92 Å². The highest BCUT2D eigenvalue weighted by Crippen LogP contribution is 2.16. The Balaban J connectivity index is 3.03. The molecule has 0 aliphatic carbocycles. The number of primary amides is 1. The predicted molar refractivity (Wildman–Crippen MR) is 45.9 cm³/mol. The summed E-state index contributed by atoms with van der Waals surface area (Å²) in [6.45, 7) is 3.47. The maximum absolute atomic E-state index is 10.8. The zero-order chi connectivity index (χ0) is 9.30. The molecule has 1 rings (SSSR count). The average molecular weight is 188 g/mol. The highest BCUT2D eigenvalue weighted by Gasteiger charge is 2.14. The summed E-state index contributed by atoms with van der Waals surface area (Å²) < 4.78 is 1.50.